The lowest BCUT2D eigenvalue weighted by atomic mass is 9.67. The van der Waals surface area contributed by atoms with Crippen LogP contribution in [0.4, 0.5) is 4.79 Å². The van der Waals surface area contributed by atoms with E-state index < -0.39 is 29.1 Å². The lowest BCUT2D eigenvalue weighted by molar-refractivity contribution is -0.148. The second-order valence-electron chi connectivity index (χ2n) is 6.13. The first-order chi connectivity index (χ1) is 9.22. The molecule has 1 aromatic rings. The molecule has 0 radical (unpaired) electrons. The first kappa shape index (κ1) is 14.8. The number of alkyl carbamates (subject to hydrolysis) is 1. The van der Waals surface area contributed by atoms with E-state index >= 15 is 0 Å². The molecule has 6 heteroatoms. The van der Waals surface area contributed by atoms with Crippen molar-refractivity contribution < 1.29 is 19.4 Å². The number of aliphatic carboxylic acids is 1. The molecule has 0 bridgehead atoms. The van der Waals surface area contributed by atoms with E-state index in [0.717, 1.165) is 4.88 Å². The number of thiophene rings is 1. The molecule has 0 saturated heterocycles. The zero-order valence-corrected chi connectivity index (χ0v) is 12.6. The molecule has 2 N–H and O–H groups in total. The van der Waals surface area contributed by atoms with Crippen LogP contribution in [0.3, 0.4) is 0 Å². The molecule has 1 aliphatic rings. The molecular weight excluding hydrogens is 278 g/mol. The maximum Gasteiger partial charge on any atom is 0.408 e. The summed E-state index contributed by atoms with van der Waals surface area (Å²) in [5.74, 6) is -1.23. The predicted octanol–water partition coefficient (Wildman–Crippen LogP) is 2.96. The van der Waals surface area contributed by atoms with Gasteiger partial charge in [-0.25, -0.2) is 4.79 Å². The number of hydrogen-bond acceptors (Lipinski definition) is 4. The second-order valence-corrected chi connectivity index (χ2v) is 7.08. The van der Waals surface area contributed by atoms with Crippen LogP contribution < -0.4 is 5.32 Å². The van der Waals surface area contributed by atoms with Gasteiger partial charge in [0, 0.05) is 4.88 Å². The Kier molecular flexibility index (Phi) is 3.77. The quantitative estimate of drug-likeness (QED) is 0.899. The van der Waals surface area contributed by atoms with Crippen LogP contribution in [0.5, 0.6) is 0 Å². The Morgan fingerprint density at radius 2 is 2.10 bits per heavy atom. The van der Waals surface area contributed by atoms with E-state index in [2.05, 4.69) is 5.32 Å². The van der Waals surface area contributed by atoms with Gasteiger partial charge >= 0.3 is 12.1 Å². The zero-order chi connectivity index (χ0) is 15.0. The topological polar surface area (TPSA) is 75.6 Å². The van der Waals surface area contributed by atoms with E-state index in [1.54, 1.807) is 20.8 Å². The highest BCUT2D eigenvalue weighted by Gasteiger charge is 2.51. The molecule has 0 aromatic carbocycles. The summed E-state index contributed by atoms with van der Waals surface area (Å²) < 4.78 is 5.27. The fourth-order valence-electron chi connectivity index (χ4n) is 2.37. The lowest BCUT2D eigenvalue weighted by Gasteiger charge is -2.45. The van der Waals surface area contributed by atoms with Gasteiger partial charge in [0.2, 0.25) is 0 Å². The van der Waals surface area contributed by atoms with E-state index in [-0.39, 0.29) is 0 Å². The van der Waals surface area contributed by atoms with Crippen molar-refractivity contribution in [2.75, 3.05) is 0 Å². The SMILES string of the molecule is CC(C)(C)OC(=O)NC1(c2cccs2)CC(C(=O)O)C1. The van der Waals surface area contributed by atoms with Crippen LogP contribution in [0.15, 0.2) is 17.5 Å². The van der Waals surface area contributed by atoms with Crippen LogP contribution in [0.1, 0.15) is 38.5 Å². The third-order valence-corrected chi connectivity index (χ3v) is 4.35. The Balaban J connectivity index is 2.10. The first-order valence-electron chi connectivity index (χ1n) is 6.50. The molecule has 1 fully saturated rings. The molecule has 0 unspecified atom stereocenters. The molecular formula is C14H19NO4S. The van der Waals surface area contributed by atoms with E-state index in [0.29, 0.717) is 12.8 Å². The number of carbonyl (C=O) groups is 2. The maximum absolute atomic E-state index is 12.0. The van der Waals surface area contributed by atoms with Gasteiger partial charge in [0.05, 0.1) is 11.5 Å². The summed E-state index contributed by atoms with van der Waals surface area (Å²) in [5.41, 5.74) is -1.17. The molecule has 0 aliphatic heterocycles. The molecule has 1 saturated carbocycles. The van der Waals surface area contributed by atoms with Crippen molar-refractivity contribution in [1.29, 1.82) is 0 Å². The number of amides is 1. The highest BCUT2D eigenvalue weighted by atomic mass is 32.1. The number of rotatable bonds is 3. The monoisotopic (exact) mass is 297 g/mol. The van der Waals surface area contributed by atoms with Gasteiger partial charge in [0.1, 0.15) is 5.60 Å². The highest BCUT2D eigenvalue weighted by Crippen LogP contribution is 2.47. The predicted molar refractivity (Wildman–Crippen MR) is 75.7 cm³/mol. The van der Waals surface area contributed by atoms with Gasteiger partial charge in [-0.2, -0.15) is 0 Å². The maximum atomic E-state index is 12.0. The number of carbonyl (C=O) groups excluding carboxylic acids is 1. The summed E-state index contributed by atoms with van der Waals surface area (Å²) in [5, 5.41) is 13.8. The molecule has 0 atom stereocenters. The number of nitrogens with one attached hydrogen (secondary N) is 1. The van der Waals surface area contributed by atoms with Crippen molar-refractivity contribution in [3.63, 3.8) is 0 Å². The largest absolute Gasteiger partial charge is 0.481 e. The third kappa shape index (κ3) is 3.12. The normalized spacial score (nSPS) is 25.6. The lowest BCUT2D eigenvalue weighted by Crippen LogP contribution is -2.56. The molecule has 5 nitrogen and oxygen atoms in total. The molecule has 20 heavy (non-hydrogen) atoms. The summed E-state index contributed by atoms with van der Waals surface area (Å²) in [6.45, 7) is 5.39. The van der Waals surface area contributed by atoms with Crippen molar-refractivity contribution >= 4 is 23.4 Å². The fourth-order valence-corrected chi connectivity index (χ4v) is 3.27. The van der Waals surface area contributed by atoms with Gasteiger partial charge in [-0.05, 0) is 45.1 Å². The Bertz CT molecular complexity index is 498. The van der Waals surface area contributed by atoms with Crippen LogP contribution in [0.25, 0.3) is 0 Å². The minimum absolute atomic E-state index is 0.405. The van der Waals surface area contributed by atoms with E-state index in [1.807, 2.05) is 17.5 Å². The van der Waals surface area contributed by atoms with Gasteiger partial charge < -0.3 is 15.2 Å². The molecule has 1 aromatic heterocycles. The minimum Gasteiger partial charge on any atom is -0.481 e. The molecule has 1 heterocycles. The van der Waals surface area contributed by atoms with Crippen molar-refractivity contribution in [3.8, 4) is 0 Å². The molecule has 0 spiro atoms. The Labute approximate surface area is 121 Å². The number of hydrogen-bond donors (Lipinski definition) is 2. The smallest absolute Gasteiger partial charge is 0.408 e. The number of carboxylic acid groups (broad SMARTS) is 1. The van der Waals surface area contributed by atoms with Crippen LogP contribution in [0, 0.1) is 5.92 Å². The Hall–Kier alpha value is -1.56. The number of ether oxygens (including phenoxy) is 1. The summed E-state index contributed by atoms with van der Waals surface area (Å²) in [6, 6.07) is 3.81. The first-order valence-corrected chi connectivity index (χ1v) is 7.38. The fraction of sp³-hybridized carbons (Fsp3) is 0.571. The standard InChI is InChI=1S/C14H19NO4S/c1-13(2,3)19-12(18)15-14(10-5-4-6-20-10)7-9(8-14)11(16)17/h4-6,9H,7-8H2,1-3H3,(H,15,18)(H,16,17). The van der Waals surface area contributed by atoms with Crippen LogP contribution in [-0.2, 0) is 15.1 Å². The zero-order valence-electron chi connectivity index (χ0n) is 11.8. The average Bonchev–Trinajstić information content (AvgIpc) is 2.72. The van der Waals surface area contributed by atoms with Crippen molar-refractivity contribution in [2.45, 2.75) is 44.8 Å². The van der Waals surface area contributed by atoms with Crippen LogP contribution in [0.2, 0.25) is 0 Å². The molecule has 1 aliphatic carbocycles. The third-order valence-electron chi connectivity index (χ3n) is 3.27. The number of carboxylic acids is 1. The van der Waals surface area contributed by atoms with Crippen molar-refractivity contribution in [2.24, 2.45) is 5.92 Å². The summed E-state index contributed by atoms with van der Waals surface area (Å²) >= 11 is 1.52. The molecule has 110 valence electrons. The van der Waals surface area contributed by atoms with Crippen LogP contribution >= 0.6 is 11.3 Å². The minimum atomic E-state index is -0.817. The van der Waals surface area contributed by atoms with Gasteiger partial charge in [0.25, 0.3) is 0 Å². The van der Waals surface area contributed by atoms with E-state index in [9.17, 15) is 9.59 Å². The summed E-state index contributed by atoms with van der Waals surface area (Å²) in [6.07, 6.45) is 0.305. The van der Waals surface area contributed by atoms with E-state index in [1.165, 1.54) is 11.3 Å². The van der Waals surface area contributed by atoms with Crippen molar-refractivity contribution in [1.82, 2.24) is 5.32 Å². The van der Waals surface area contributed by atoms with E-state index in [4.69, 9.17) is 9.84 Å². The molecule has 2 rings (SSSR count). The van der Waals surface area contributed by atoms with Gasteiger partial charge in [-0.1, -0.05) is 6.07 Å². The Morgan fingerprint density at radius 1 is 1.45 bits per heavy atom. The van der Waals surface area contributed by atoms with Crippen molar-refractivity contribution in [3.05, 3.63) is 22.4 Å². The van der Waals surface area contributed by atoms with Gasteiger partial charge in [-0.3, -0.25) is 4.79 Å². The highest BCUT2D eigenvalue weighted by molar-refractivity contribution is 7.10. The average molecular weight is 297 g/mol. The van der Waals surface area contributed by atoms with Crippen LogP contribution in [-0.4, -0.2) is 22.8 Å². The summed E-state index contributed by atoms with van der Waals surface area (Å²) in [4.78, 5) is 23.9. The summed E-state index contributed by atoms with van der Waals surface area (Å²) in [7, 11) is 0. The van der Waals surface area contributed by atoms with Gasteiger partial charge in [0.15, 0.2) is 0 Å². The Morgan fingerprint density at radius 3 is 2.55 bits per heavy atom. The molecule has 1 amide bonds. The second kappa shape index (κ2) is 5.09. The van der Waals surface area contributed by atoms with Gasteiger partial charge in [-0.15, -0.1) is 11.3 Å².